The Bertz CT molecular complexity index is 1120. The van der Waals surface area contributed by atoms with Crippen LogP contribution in [0.3, 0.4) is 0 Å². The summed E-state index contributed by atoms with van der Waals surface area (Å²) in [5, 5.41) is 0. The number of methoxy groups -OCH3 is 1. The van der Waals surface area contributed by atoms with Crippen LogP contribution in [0.5, 0.6) is 11.5 Å². The van der Waals surface area contributed by atoms with Gasteiger partial charge in [0.2, 0.25) is 0 Å². The van der Waals surface area contributed by atoms with Crippen LogP contribution < -0.4 is 9.47 Å². The maximum atomic E-state index is 12.6. The second-order valence-corrected chi connectivity index (χ2v) is 10.0. The summed E-state index contributed by atoms with van der Waals surface area (Å²) < 4.78 is 23.2. The average molecular weight is 480 g/mol. The van der Waals surface area contributed by atoms with Crippen LogP contribution in [0.1, 0.15) is 62.0 Å². The molecule has 2 heterocycles. The Hall–Kier alpha value is -3.32. The minimum absolute atomic E-state index is 0.0213. The number of piperidine rings is 1. The van der Waals surface area contributed by atoms with Gasteiger partial charge >= 0.3 is 6.09 Å². The van der Waals surface area contributed by atoms with Crippen molar-refractivity contribution in [1.29, 1.82) is 0 Å². The topological polar surface area (TPSA) is 74.3 Å². The highest BCUT2D eigenvalue weighted by Gasteiger charge is 2.41. The predicted octanol–water partition coefficient (Wildman–Crippen LogP) is 5.47. The lowest BCUT2D eigenvalue weighted by atomic mass is 9.82. The lowest BCUT2D eigenvalue weighted by Gasteiger charge is -2.43. The molecule has 0 aliphatic carbocycles. The van der Waals surface area contributed by atoms with Crippen molar-refractivity contribution in [1.82, 2.24) is 4.90 Å². The highest BCUT2D eigenvalue weighted by molar-refractivity contribution is 5.95. The molecule has 1 spiro atoms. The summed E-state index contributed by atoms with van der Waals surface area (Å²) in [5.74, 6) is 1.40. The van der Waals surface area contributed by atoms with E-state index in [1.54, 1.807) is 18.9 Å². The molecule has 2 aromatic rings. The third-order valence-electron chi connectivity index (χ3n) is 6.17. The molecule has 35 heavy (non-hydrogen) atoms. The van der Waals surface area contributed by atoms with Gasteiger partial charge in [0.05, 0.1) is 5.56 Å². The summed E-state index contributed by atoms with van der Waals surface area (Å²) in [7, 11) is 1.58. The van der Waals surface area contributed by atoms with Crippen LogP contribution in [0.2, 0.25) is 0 Å². The van der Waals surface area contributed by atoms with E-state index in [4.69, 9.17) is 18.9 Å². The Morgan fingerprint density at radius 1 is 1.06 bits per heavy atom. The fourth-order valence-electron chi connectivity index (χ4n) is 4.44. The number of ether oxygens (including phenoxy) is 4. The lowest BCUT2D eigenvalue weighted by Crippen LogP contribution is -2.50. The van der Waals surface area contributed by atoms with Crippen molar-refractivity contribution in [3.05, 3.63) is 65.2 Å². The van der Waals surface area contributed by atoms with Crippen LogP contribution in [-0.2, 0) is 9.47 Å². The fraction of sp³-hybridized carbons (Fsp3) is 0.429. The number of rotatable bonds is 5. The molecule has 1 amide bonds. The van der Waals surface area contributed by atoms with Gasteiger partial charge in [0, 0.05) is 38.6 Å². The highest BCUT2D eigenvalue weighted by atomic mass is 16.7. The highest BCUT2D eigenvalue weighted by Crippen LogP contribution is 2.47. The van der Waals surface area contributed by atoms with Gasteiger partial charge in [-0.3, -0.25) is 4.79 Å². The zero-order chi connectivity index (χ0) is 25.2. The standard InChI is InChI=1S/C28H33NO6/c1-19(30)20-9-11-21(12-10-20)22-17-28(13-15-29(16-14-28)26(31)35-27(2,3)4)34-24-8-6-7-23(25(22)24)33-18-32-5/h6-12,17H,13-16,18H2,1-5H3. The van der Waals surface area contributed by atoms with Crippen molar-refractivity contribution < 1.29 is 28.5 Å². The molecule has 0 unspecified atom stereocenters. The lowest BCUT2D eigenvalue weighted by molar-refractivity contribution is -0.00136. The number of hydrogen-bond donors (Lipinski definition) is 0. The van der Waals surface area contributed by atoms with E-state index in [0.29, 0.717) is 37.2 Å². The maximum Gasteiger partial charge on any atom is 0.410 e. The third-order valence-corrected chi connectivity index (χ3v) is 6.17. The van der Waals surface area contributed by atoms with Gasteiger partial charge in [0.15, 0.2) is 12.6 Å². The van der Waals surface area contributed by atoms with Gasteiger partial charge in [-0.1, -0.05) is 30.3 Å². The number of ketones is 1. The van der Waals surface area contributed by atoms with Crippen molar-refractivity contribution in [3.8, 4) is 11.5 Å². The summed E-state index contributed by atoms with van der Waals surface area (Å²) in [6.07, 6.45) is 3.10. The van der Waals surface area contributed by atoms with Gasteiger partial charge < -0.3 is 23.8 Å². The average Bonchev–Trinajstić information content (AvgIpc) is 2.81. The number of nitrogens with zero attached hydrogens (tertiary/aromatic N) is 1. The Balaban J connectivity index is 1.69. The van der Waals surface area contributed by atoms with Crippen LogP contribution in [0.15, 0.2) is 48.5 Å². The summed E-state index contributed by atoms with van der Waals surface area (Å²) in [6.45, 7) is 8.33. The van der Waals surface area contributed by atoms with Gasteiger partial charge in [0.25, 0.3) is 0 Å². The minimum atomic E-state index is -0.569. The number of amides is 1. The van der Waals surface area contributed by atoms with Crippen molar-refractivity contribution in [2.45, 2.75) is 51.7 Å². The molecule has 0 aromatic heterocycles. The maximum absolute atomic E-state index is 12.6. The SMILES string of the molecule is COCOc1cccc2c1C(c1ccc(C(C)=O)cc1)=CC1(CCN(C(=O)OC(C)(C)C)CC1)O2. The second-order valence-electron chi connectivity index (χ2n) is 10.0. The number of carbonyl (C=O) groups excluding carboxylic acids is 2. The van der Waals surface area contributed by atoms with E-state index in [1.807, 2.05) is 63.2 Å². The van der Waals surface area contributed by atoms with Crippen LogP contribution in [0.4, 0.5) is 4.79 Å². The van der Waals surface area contributed by atoms with Crippen molar-refractivity contribution in [3.63, 3.8) is 0 Å². The molecule has 2 aliphatic heterocycles. The van der Waals surface area contributed by atoms with Gasteiger partial charge in [-0.05, 0) is 57.0 Å². The summed E-state index contributed by atoms with van der Waals surface area (Å²) in [5.41, 5.74) is 2.33. The van der Waals surface area contributed by atoms with Crippen LogP contribution >= 0.6 is 0 Å². The fourth-order valence-corrected chi connectivity index (χ4v) is 4.44. The quantitative estimate of drug-likeness (QED) is 0.418. The molecule has 0 atom stereocenters. The molecule has 0 radical (unpaired) electrons. The zero-order valence-corrected chi connectivity index (χ0v) is 21.1. The molecule has 7 heteroatoms. The van der Waals surface area contributed by atoms with Gasteiger partial charge in [-0.25, -0.2) is 4.79 Å². The molecule has 0 bridgehead atoms. The van der Waals surface area contributed by atoms with E-state index in [-0.39, 0.29) is 18.7 Å². The monoisotopic (exact) mass is 479 g/mol. The van der Waals surface area contributed by atoms with Crippen molar-refractivity contribution in [2.24, 2.45) is 0 Å². The summed E-state index contributed by atoms with van der Waals surface area (Å²) in [4.78, 5) is 26.1. The summed E-state index contributed by atoms with van der Waals surface area (Å²) in [6, 6.07) is 13.3. The molecule has 2 aromatic carbocycles. The molecule has 186 valence electrons. The Labute approximate surface area is 206 Å². The van der Waals surface area contributed by atoms with Crippen LogP contribution in [0, 0.1) is 0 Å². The zero-order valence-electron chi connectivity index (χ0n) is 21.1. The molecule has 0 saturated carbocycles. The molecular weight excluding hydrogens is 446 g/mol. The Kier molecular flexibility index (Phi) is 6.90. The van der Waals surface area contributed by atoms with E-state index in [2.05, 4.69) is 6.08 Å². The first kappa shape index (κ1) is 24.8. The van der Waals surface area contributed by atoms with E-state index in [9.17, 15) is 9.59 Å². The molecule has 4 rings (SSSR count). The van der Waals surface area contributed by atoms with Gasteiger partial charge in [0.1, 0.15) is 22.7 Å². The molecular formula is C28H33NO6. The smallest absolute Gasteiger partial charge is 0.410 e. The third kappa shape index (κ3) is 5.51. The van der Waals surface area contributed by atoms with Crippen LogP contribution in [0.25, 0.3) is 5.57 Å². The first-order chi connectivity index (χ1) is 16.6. The minimum Gasteiger partial charge on any atom is -0.482 e. The summed E-state index contributed by atoms with van der Waals surface area (Å²) >= 11 is 0. The second kappa shape index (κ2) is 9.74. The van der Waals surface area contributed by atoms with Gasteiger partial charge in [-0.2, -0.15) is 0 Å². The van der Waals surface area contributed by atoms with E-state index in [0.717, 1.165) is 22.4 Å². The molecule has 1 saturated heterocycles. The first-order valence-electron chi connectivity index (χ1n) is 11.9. The van der Waals surface area contributed by atoms with E-state index < -0.39 is 11.2 Å². The number of carbonyl (C=O) groups is 2. The van der Waals surface area contributed by atoms with E-state index >= 15 is 0 Å². The molecule has 0 N–H and O–H groups in total. The van der Waals surface area contributed by atoms with Crippen molar-refractivity contribution in [2.75, 3.05) is 27.0 Å². The molecule has 2 aliphatic rings. The Morgan fingerprint density at radius 3 is 2.34 bits per heavy atom. The van der Waals surface area contributed by atoms with Crippen molar-refractivity contribution >= 4 is 17.4 Å². The predicted molar refractivity (Wildman–Crippen MR) is 133 cm³/mol. The number of Topliss-reactive ketones (excluding diaryl/α,β-unsaturated/α-hetero) is 1. The number of likely N-dealkylation sites (tertiary alicyclic amines) is 1. The number of fused-ring (bicyclic) bond motifs is 1. The first-order valence-corrected chi connectivity index (χ1v) is 11.9. The number of hydrogen-bond acceptors (Lipinski definition) is 6. The largest absolute Gasteiger partial charge is 0.482 e. The van der Waals surface area contributed by atoms with Crippen LogP contribution in [-0.4, -0.2) is 55.0 Å². The Morgan fingerprint density at radius 2 is 1.74 bits per heavy atom. The van der Waals surface area contributed by atoms with Gasteiger partial charge in [-0.15, -0.1) is 0 Å². The molecule has 7 nitrogen and oxygen atoms in total. The number of benzene rings is 2. The molecule has 1 fully saturated rings. The normalized spacial score (nSPS) is 16.7. The van der Waals surface area contributed by atoms with E-state index in [1.165, 1.54) is 0 Å².